The Morgan fingerprint density at radius 1 is 1.38 bits per heavy atom. The first-order valence-electron chi connectivity index (χ1n) is 7.30. The summed E-state index contributed by atoms with van der Waals surface area (Å²) in [6.07, 6.45) is 3.99. The van der Waals surface area contributed by atoms with Crippen molar-refractivity contribution in [3.63, 3.8) is 0 Å². The molecule has 1 saturated carbocycles. The molecule has 0 bridgehead atoms. The average molecular weight is 291 g/mol. The van der Waals surface area contributed by atoms with E-state index in [9.17, 15) is 14.9 Å². The second-order valence-electron chi connectivity index (χ2n) is 5.74. The van der Waals surface area contributed by atoms with Crippen LogP contribution in [0.15, 0.2) is 18.2 Å². The first kappa shape index (κ1) is 15.3. The second-order valence-corrected chi connectivity index (χ2v) is 5.74. The molecule has 0 unspecified atom stereocenters. The SMILES string of the molecule is CCNc1ccc([N+](=O)[O-])c(C(=O)NC2(C)CCCC2)c1. The third-order valence-electron chi connectivity index (χ3n) is 3.94. The van der Waals surface area contributed by atoms with E-state index in [0.29, 0.717) is 12.2 Å². The van der Waals surface area contributed by atoms with E-state index in [2.05, 4.69) is 10.6 Å². The van der Waals surface area contributed by atoms with E-state index in [1.807, 2.05) is 13.8 Å². The van der Waals surface area contributed by atoms with Crippen LogP contribution in [-0.2, 0) is 0 Å². The highest BCUT2D eigenvalue weighted by atomic mass is 16.6. The van der Waals surface area contributed by atoms with Crippen LogP contribution in [0.1, 0.15) is 49.9 Å². The quantitative estimate of drug-likeness (QED) is 0.645. The molecule has 0 aromatic heterocycles. The number of benzene rings is 1. The molecule has 0 radical (unpaired) electrons. The van der Waals surface area contributed by atoms with Crippen LogP contribution < -0.4 is 10.6 Å². The minimum atomic E-state index is -0.512. The average Bonchev–Trinajstić information content (AvgIpc) is 2.85. The topological polar surface area (TPSA) is 84.3 Å². The van der Waals surface area contributed by atoms with Gasteiger partial charge in [0.05, 0.1) is 4.92 Å². The molecule has 6 heteroatoms. The van der Waals surface area contributed by atoms with Gasteiger partial charge < -0.3 is 10.6 Å². The number of hydrogen-bond acceptors (Lipinski definition) is 4. The molecule has 0 spiro atoms. The molecule has 114 valence electrons. The number of nitro benzene ring substituents is 1. The highest BCUT2D eigenvalue weighted by molar-refractivity contribution is 5.99. The van der Waals surface area contributed by atoms with Crippen molar-refractivity contribution < 1.29 is 9.72 Å². The molecule has 0 saturated heterocycles. The van der Waals surface area contributed by atoms with Gasteiger partial charge in [0.1, 0.15) is 5.56 Å². The van der Waals surface area contributed by atoms with Crippen molar-refractivity contribution in [2.75, 3.05) is 11.9 Å². The van der Waals surface area contributed by atoms with Crippen molar-refractivity contribution in [3.8, 4) is 0 Å². The number of anilines is 1. The minimum Gasteiger partial charge on any atom is -0.385 e. The Morgan fingerprint density at radius 2 is 2.05 bits per heavy atom. The first-order chi connectivity index (χ1) is 9.95. The van der Waals surface area contributed by atoms with Crippen molar-refractivity contribution in [2.24, 2.45) is 0 Å². The highest BCUT2D eigenvalue weighted by Crippen LogP contribution is 2.30. The lowest BCUT2D eigenvalue weighted by molar-refractivity contribution is -0.385. The maximum Gasteiger partial charge on any atom is 0.282 e. The lowest BCUT2D eigenvalue weighted by Gasteiger charge is -2.25. The van der Waals surface area contributed by atoms with Crippen LogP contribution in [0.4, 0.5) is 11.4 Å². The fourth-order valence-electron chi connectivity index (χ4n) is 2.81. The summed E-state index contributed by atoms with van der Waals surface area (Å²) in [5.41, 5.74) is 0.422. The zero-order chi connectivity index (χ0) is 15.5. The number of carbonyl (C=O) groups is 1. The van der Waals surface area contributed by atoms with Crippen molar-refractivity contribution in [1.29, 1.82) is 0 Å². The summed E-state index contributed by atoms with van der Waals surface area (Å²) >= 11 is 0. The number of hydrogen-bond donors (Lipinski definition) is 2. The molecule has 0 atom stereocenters. The largest absolute Gasteiger partial charge is 0.385 e. The zero-order valence-corrected chi connectivity index (χ0v) is 12.4. The van der Waals surface area contributed by atoms with Crippen molar-refractivity contribution in [2.45, 2.75) is 45.1 Å². The summed E-state index contributed by atoms with van der Waals surface area (Å²) in [6, 6.07) is 4.55. The Kier molecular flexibility index (Phi) is 4.45. The second kappa shape index (κ2) is 6.11. The van der Waals surface area contributed by atoms with E-state index in [1.54, 1.807) is 12.1 Å². The number of nitro groups is 1. The molecule has 6 nitrogen and oxygen atoms in total. The van der Waals surface area contributed by atoms with Crippen molar-refractivity contribution >= 4 is 17.3 Å². The van der Waals surface area contributed by atoms with Gasteiger partial charge in [-0.1, -0.05) is 12.8 Å². The minimum absolute atomic E-state index is 0.117. The summed E-state index contributed by atoms with van der Waals surface area (Å²) in [6.45, 7) is 4.62. The zero-order valence-electron chi connectivity index (χ0n) is 12.4. The maximum atomic E-state index is 12.4. The molecule has 0 aliphatic heterocycles. The molecule has 1 aliphatic rings. The smallest absolute Gasteiger partial charge is 0.282 e. The number of nitrogens with zero attached hydrogens (tertiary/aromatic N) is 1. The first-order valence-corrected chi connectivity index (χ1v) is 7.30. The standard InChI is InChI=1S/C15H21N3O3/c1-3-16-11-6-7-13(18(20)21)12(10-11)14(19)17-15(2)8-4-5-9-15/h6-7,10,16H,3-5,8-9H2,1-2H3,(H,17,19). The molecule has 1 fully saturated rings. The van der Waals surface area contributed by atoms with Crippen LogP contribution in [0.2, 0.25) is 0 Å². The Bertz CT molecular complexity index is 551. The third-order valence-corrected chi connectivity index (χ3v) is 3.94. The summed E-state index contributed by atoms with van der Waals surface area (Å²) in [7, 11) is 0. The molecule has 2 N–H and O–H groups in total. The van der Waals surface area contributed by atoms with Gasteiger partial charge in [-0.15, -0.1) is 0 Å². The fraction of sp³-hybridized carbons (Fsp3) is 0.533. The highest BCUT2D eigenvalue weighted by Gasteiger charge is 2.32. The van der Waals surface area contributed by atoms with Gasteiger partial charge in [0.25, 0.3) is 11.6 Å². The number of amides is 1. The van der Waals surface area contributed by atoms with Crippen LogP contribution >= 0.6 is 0 Å². The molecular weight excluding hydrogens is 270 g/mol. The van der Waals surface area contributed by atoms with E-state index >= 15 is 0 Å². The molecule has 21 heavy (non-hydrogen) atoms. The van der Waals surface area contributed by atoms with Gasteiger partial charge in [-0.3, -0.25) is 14.9 Å². The van der Waals surface area contributed by atoms with E-state index < -0.39 is 4.92 Å². The lowest BCUT2D eigenvalue weighted by atomic mass is 9.99. The number of carbonyl (C=O) groups excluding carboxylic acids is 1. The fourth-order valence-corrected chi connectivity index (χ4v) is 2.81. The molecule has 2 rings (SSSR count). The van der Waals surface area contributed by atoms with Crippen LogP contribution in [0.3, 0.4) is 0 Å². The Balaban J connectivity index is 2.28. The van der Waals surface area contributed by atoms with Gasteiger partial charge in [0.15, 0.2) is 0 Å². The van der Waals surface area contributed by atoms with Crippen LogP contribution in [0, 0.1) is 10.1 Å². The predicted octanol–water partition coefficient (Wildman–Crippen LogP) is 3.09. The van der Waals surface area contributed by atoms with E-state index in [0.717, 1.165) is 25.7 Å². The summed E-state index contributed by atoms with van der Waals surface area (Å²) in [5, 5.41) is 17.2. The van der Waals surface area contributed by atoms with Gasteiger partial charge in [0, 0.05) is 23.8 Å². The molecule has 1 aromatic carbocycles. The van der Waals surface area contributed by atoms with E-state index in [1.165, 1.54) is 6.07 Å². The summed E-state index contributed by atoms with van der Waals surface area (Å²) in [4.78, 5) is 23.0. The molecule has 1 amide bonds. The predicted molar refractivity (Wildman–Crippen MR) is 81.6 cm³/mol. The van der Waals surface area contributed by atoms with E-state index in [-0.39, 0.29) is 22.7 Å². The third kappa shape index (κ3) is 3.51. The molecular formula is C15H21N3O3. The maximum absolute atomic E-state index is 12.4. The number of nitrogens with one attached hydrogen (secondary N) is 2. The van der Waals surface area contributed by atoms with Gasteiger partial charge in [-0.2, -0.15) is 0 Å². The Labute approximate surface area is 124 Å². The van der Waals surface area contributed by atoms with Crippen molar-refractivity contribution in [1.82, 2.24) is 5.32 Å². The Hall–Kier alpha value is -2.11. The molecule has 0 heterocycles. The van der Waals surface area contributed by atoms with Crippen LogP contribution in [0.25, 0.3) is 0 Å². The van der Waals surface area contributed by atoms with Gasteiger partial charge in [-0.05, 0) is 38.8 Å². The normalized spacial score (nSPS) is 16.5. The van der Waals surface area contributed by atoms with Crippen LogP contribution in [0.5, 0.6) is 0 Å². The van der Waals surface area contributed by atoms with Gasteiger partial charge >= 0.3 is 0 Å². The monoisotopic (exact) mass is 291 g/mol. The van der Waals surface area contributed by atoms with Gasteiger partial charge in [-0.25, -0.2) is 0 Å². The van der Waals surface area contributed by atoms with Crippen LogP contribution in [-0.4, -0.2) is 22.9 Å². The summed E-state index contributed by atoms with van der Waals surface area (Å²) < 4.78 is 0. The Morgan fingerprint density at radius 3 is 2.62 bits per heavy atom. The van der Waals surface area contributed by atoms with Gasteiger partial charge in [0.2, 0.25) is 0 Å². The lowest BCUT2D eigenvalue weighted by Crippen LogP contribution is -2.43. The number of rotatable bonds is 5. The summed E-state index contributed by atoms with van der Waals surface area (Å²) in [5.74, 6) is -0.370. The van der Waals surface area contributed by atoms with E-state index in [4.69, 9.17) is 0 Å². The molecule has 1 aromatic rings. The van der Waals surface area contributed by atoms with Crippen molar-refractivity contribution in [3.05, 3.63) is 33.9 Å². The molecule has 1 aliphatic carbocycles.